The Morgan fingerprint density at radius 3 is 2.78 bits per heavy atom. The molecule has 1 aromatic carbocycles. The number of aryl methyl sites for hydroxylation is 2. The molecule has 2 aromatic rings. The van der Waals surface area contributed by atoms with E-state index in [0.717, 1.165) is 11.5 Å². The highest BCUT2D eigenvalue weighted by Crippen LogP contribution is 2.31. The molecule has 0 spiro atoms. The highest BCUT2D eigenvalue weighted by atomic mass is 35.5. The lowest BCUT2D eigenvalue weighted by Crippen LogP contribution is -2.42. The van der Waals surface area contributed by atoms with Gasteiger partial charge < -0.3 is 24.9 Å². The molecule has 7 nitrogen and oxygen atoms in total. The van der Waals surface area contributed by atoms with Crippen LogP contribution in [0.5, 0.6) is 5.75 Å². The van der Waals surface area contributed by atoms with Crippen molar-refractivity contribution >= 4 is 29.2 Å². The molecule has 1 atom stereocenters. The highest BCUT2D eigenvalue weighted by Gasteiger charge is 2.11. The Morgan fingerprint density at radius 2 is 2.11 bits per heavy atom. The molecule has 27 heavy (non-hydrogen) atoms. The summed E-state index contributed by atoms with van der Waals surface area (Å²) in [6.07, 6.45) is -0.768. The van der Waals surface area contributed by atoms with Crippen LogP contribution in [0, 0.1) is 13.8 Å². The molecule has 1 unspecified atom stereocenters. The van der Waals surface area contributed by atoms with Gasteiger partial charge in [0.1, 0.15) is 35.8 Å². The van der Waals surface area contributed by atoms with Crippen LogP contribution in [0.4, 0.5) is 0 Å². The van der Waals surface area contributed by atoms with Crippen molar-refractivity contribution in [3.8, 4) is 5.75 Å². The summed E-state index contributed by atoms with van der Waals surface area (Å²) in [5, 5.41) is 17.0. The first-order valence-electron chi connectivity index (χ1n) is 8.60. The smallest absolute Gasteiger partial charge is 0.216 e. The molecule has 148 valence electrons. The van der Waals surface area contributed by atoms with Gasteiger partial charge in [-0.05, 0) is 32.9 Å². The molecule has 3 N–H and O–H groups in total. The molecule has 0 amide bonds. The molecule has 1 aromatic heterocycles. The fourth-order valence-corrected chi connectivity index (χ4v) is 2.50. The molecule has 0 aliphatic heterocycles. The zero-order valence-electron chi connectivity index (χ0n) is 15.6. The van der Waals surface area contributed by atoms with E-state index in [1.165, 1.54) is 0 Å². The van der Waals surface area contributed by atoms with Gasteiger partial charge >= 0.3 is 0 Å². The van der Waals surface area contributed by atoms with E-state index in [0.29, 0.717) is 40.7 Å². The average molecular weight is 415 g/mol. The largest absolute Gasteiger partial charge is 0.489 e. The van der Waals surface area contributed by atoms with Crippen molar-refractivity contribution in [1.82, 2.24) is 15.6 Å². The Hall–Kier alpha value is -1.96. The molecule has 0 saturated heterocycles. The second-order valence-electron chi connectivity index (χ2n) is 5.84. The van der Waals surface area contributed by atoms with Crippen LogP contribution in [0.2, 0.25) is 10.0 Å². The highest BCUT2D eigenvalue weighted by molar-refractivity contribution is 6.42. The minimum Gasteiger partial charge on any atom is -0.489 e. The zero-order chi connectivity index (χ0) is 19.8. The third-order valence-corrected chi connectivity index (χ3v) is 4.44. The van der Waals surface area contributed by atoms with Crippen molar-refractivity contribution in [2.75, 3.05) is 19.7 Å². The zero-order valence-corrected chi connectivity index (χ0v) is 17.1. The molecule has 0 aliphatic rings. The minimum atomic E-state index is -0.768. The Kier molecular flexibility index (Phi) is 8.22. The van der Waals surface area contributed by atoms with E-state index in [2.05, 4.69) is 20.6 Å². The predicted octanol–water partition coefficient (Wildman–Crippen LogP) is 3.09. The maximum atomic E-state index is 10.1. The number of aliphatic hydroxyl groups is 1. The van der Waals surface area contributed by atoms with Crippen molar-refractivity contribution in [2.24, 2.45) is 4.99 Å². The van der Waals surface area contributed by atoms with Gasteiger partial charge in [-0.2, -0.15) is 0 Å². The normalized spacial score (nSPS) is 12.7. The molecule has 0 fully saturated rings. The first-order valence-corrected chi connectivity index (χ1v) is 9.36. The summed E-state index contributed by atoms with van der Waals surface area (Å²) in [5.74, 6) is 2.30. The van der Waals surface area contributed by atoms with Crippen molar-refractivity contribution < 1.29 is 14.3 Å². The molecule has 0 saturated carbocycles. The van der Waals surface area contributed by atoms with Crippen molar-refractivity contribution in [3.05, 3.63) is 45.6 Å². The van der Waals surface area contributed by atoms with Gasteiger partial charge in [0.2, 0.25) is 5.89 Å². The molecule has 9 heteroatoms. The Labute approximate surface area is 168 Å². The first kappa shape index (κ1) is 21.3. The number of nitrogens with zero attached hydrogens (tertiary/aromatic N) is 2. The summed E-state index contributed by atoms with van der Waals surface area (Å²) < 4.78 is 11.0. The molecule has 0 radical (unpaired) electrons. The van der Waals surface area contributed by atoms with Crippen LogP contribution in [0.1, 0.15) is 24.3 Å². The average Bonchev–Trinajstić information content (AvgIpc) is 2.96. The van der Waals surface area contributed by atoms with Crippen LogP contribution >= 0.6 is 23.2 Å². The maximum Gasteiger partial charge on any atom is 0.216 e. The number of ether oxygens (including phenoxy) is 1. The second-order valence-corrected chi connectivity index (χ2v) is 6.63. The monoisotopic (exact) mass is 414 g/mol. The number of aliphatic imine (C=N–C) groups is 1. The van der Waals surface area contributed by atoms with Gasteiger partial charge in [-0.1, -0.05) is 29.3 Å². The third-order valence-electron chi connectivity index (χ3n) is 3.64. The summed E-state index contributed by atoms with van der Waals surface area (Å²) in [5.41, 5.74) is 0.852. The molecule has 0 bridgehead atoms. The Balaban J connectivity index is 1.85. The number of oxazole rings is 1. The molecule has 0 aliphatic carbocycles. The number of benzene rings is 1. The summed E-state index contributed by atoms with van der Waals surface area (Å²) in [7, 11) is 0. The number of aromatic nitrogens is 1. The quantitative estimate of drug-likeness (QED) is 0.453. The van der Waals surface area contributed by atoms with Crippen LogP contribution in [0.15, 0.2) is 27.6 Å². The topological polar surface area (TPSA) is 91.9 Å². The number of halogens is 2. The fraction of sp³-hybridized carbons (Fsp3) is 0.444. The summed E-state index contributed by atoms with van der Waals surface area (Å²) >= 11 is 12.0. The van der Waals surface area contributed by atoms with E-state index >= 15 is 0 Å². The van der Waals surface area contributed by atoms with Crippen LogP contribution in [0.3, 0.4) is 0 Å². The number of nitrogens with one attached hydrogen (secondary N) is 2. The van der Waals surface area contributed by atoms with Crippen LogP contribution in [0.25, 0.3) is 0 Å². The number of aliphatic hydroxyl groups excluding tert-OH is 1. The fourth-order valence-electron chi connectivity index (χ4n) is 2.15. The number of hydrogen-bond donors (Lipinski definition) is 3. The first-order chi connectivity index (χ1) is 12.9. The van der Waals surface area contributed by atoms with E-state index in [1.807, 2.05) is 20.8 Å². The van der Waals surface area contributed by atoms with E-state index in [-0.39, 0.29) is 13.2 Å². The maximum absolute atomic E-state index is 10.1. The molecule has 1 heterocycles. The summed E-state index contributed by atoms with van der Waals surface area (Å²) in [6, 6.07) is 5.10. The number of rotatable bonds is 8. The lowest BCUT2D eigenvalue weighted by molar-refractivity contribution is 0.110. The lowest BCUT2D eigenvalue weighted by Gasteiger charge is -2.16. The Bertz CT molecular complexity index is 760. The molecular formula is C18H24Cl2N4O3. The molecule has 2 rings (SSSR count). The van der Waals surface area contributed by atoms with Crippen LogP contribution < -0.4 is 15.4 Å². The van der Waals surface area contributed by atoms with Crippen LogP contribution in [-0.2, 0) is 6.54 Å². The van der Waals surface area contributed by atoms with Crippen molar-refractivity contribution in [2.45, 2.75) is 33.4 Å². The molecular weight excluding hydrogens is 391 g/mol. The predicted molar refractivity (Wildman–Crippen MR) is 107 cm³/mol. The van der Waals surface area contributed by atoms with Gasteiger partial charge in [-0.25, -0.2) is 9.98 Å². The SMILES string of the molecule is CCNC(=NCc1nc(C)c(C)o1)NCC(O)COc1cccc(Cl)c1Cl. The van der Waals surface area contributed by atoms with E-state index in [1.54, 1.807) is 18.2 Å². The van der Waals surface area contributed by atoms with Gasteiger partial charge in [-0.15, -0.1) is 0 Å². The van der Waals surface area contributed by atoms with Gasteiger partial charge in [0, 0.05) is 13.1 Å². The van der Waals surface area contributed by atoms with Crippen LogP contribution in [-0.4, -0.2) is 41.9 Å². The van der Waals surface area contributed by atoms with Crippen molar-refractivity contribution in [3.63, 3.8) is 0 Å². The number of guanidine groups is 1. The lowest BCUT2D eigenvalue weighted by atomic mass is 10.3. The summed E-state index contributed by atoms with van der Waals surface area (Å²) in [4.78, 5) is 8.70. The van der Waals surface area contributed by atoms with E-state index in [4.69, 9.17) is 32.4 Å². The van der Waals surface area contributed by atoms with Gasteiger partial charge in [0.25, 0.3) is 0 Å². The van der Waals surface area contributed by atoms with Crippen molar-refractivity contribution in [1.29, 1.82) is 0 Å². The number of hydrogen-bond acceptors (Lipinski definition) is 5. The van der Waals surface area contributed by atoms with Gasteiger partial charge in [0.05, 0.1) is 10.7 Å². The third kappa shape index (κ3) is 6.61. The summed E-state index contributed by atoms with van der Waals surface area (Å²) in [6.45, 7) is 6.99. The van der Waals surface area contributed by atoms with E-state index < -0.39 is 6.10 Å². The van der Waals surface area contributed by atoms with Gasteiger partial charge in [-0.3, -0.25) is 0 Å². The second kappa shape index (κ2) is 10.4. The Morgan fingerprint density at radius 1 is 1.33 bits per heavy atom. The standard InChI is InChI=1S/C18H24Cl2N4O3/c1-4-21-18(23-9-16-24-11(2)12(3)27-16)22-8-13(25)10-26-15-7-5-6-14(19)17(15)20/h5-7,13,25H,4,8-10H2,1-3H3,(H2,21,22,23). The minimum absolute atomic E-state index is 0.0601. The van der Waals surface area contributed by atoms with E-state index in [9.17, 15) is 5.11 Å². The van der Waals surface area contributed by atoms with Gasteiger partial charge in [0.15, 0.2) is 5.96 Å².